The Hall–Kier alpha value is -1.17. The summed E-state index contributed by atoms with van der Waals surface area (Å²) in [6.07, 6.45) is 0. The Morgan fingerprint density at radius 1 is 1.39 bits per heavy atom. The van der Waals surface area contributed by atoms with Gasteiger partial charge in [0.15, 0.2) is 0 Å². The van der Waals surface area contributed by atoms with Crippen LogP contribution >= 0.6 is 15.9 Å². The minimum atomic E-state index is -0.717. The summed E-state index contributed by atoms with van der Waals surface area (Å²) < 4.78 is 31.4. The van der Waals surface area contributed by atoms with E-state index in [9.17, 15) is 13.6 Å². The molecule has 1 aromatic carbocycles. The molecule has 1 N–H and O–H groups in total. The normalized spacial score (nSPS) is 13.9. The van der Waals surface area contributed by atoms with Gasteiger partial charge in [0, 0.05) is 16.6 Å². The first-order chi connectivity index (χ1) is 8.36. The molecule has 0 bridgehead atoms. The quantitative estimate of drug-likeness (QED) is 0.864. The molecule has 1 rings (SSSR count). The fourth-order valence-electron chi connectivity index (χ4n) is 1.42. The van der Waals surface area contributed by atoms with Crippen LogP contribution in [-0.2, 0) is 9.53 Å². The van der Waals surface area contributed by atoms with E-state index in [0.29, 0.717) is 0 Å². The lowest BCUT2D eigenvalue weighted by Gasteiger charge is -2.21. The van der Waals surface area contributed by atoms with Crippen LogP contribution < -0.4 is 5.32 Å². The Morgan fingerprint density at radius 2 is 2.00 bits per heavy atom. The van der Waals surface area contributed by atoms with Gasteiger partial charge >= 0.3 is 5.97 Å². The highest BCUT2D eigenvalue weighted by Gasteiger charge is 2.22. The molecule has 100 valence electrons. The van der Waals surface area contributed by atoms with Crippen molar-refractivity contribution in [2.24, 2.45) is 5.92 Å². The van der Waals surface area contributed by atoms with Gasteiger partial charge in [-0.25, -0.2) is 8.78 Å². The predicted octanol–water partition coefficient (Wildman–Crippen LogP) is 3.34. The van der Waals surface area contributed by atoms with E-state index < -0.39 is 23.5 Å². The van der Waals surface area contributed by atoms with Gasteiger partial charge in [-0.3, -0.25) is 4.79 Å². The number of hydrogen-bond donors (Lipinski definition) is 1. The molecule has 6 heteroatoms. The van der Waals surface area contributed by atoms with Gasteiger partial charge in [0.25, 0.3) is 0 Å². The molecular weight excluding hydrogens is 308 g/mol. The van der Waals surface area contributed by atoms with Gasteiger partial charge in [0.1, 0.15) is 11.6 Å². The minimum Gasteiger partial charge on any atom is -0.469 e. The lowest BCUT2D eigenvalue weighted by molar-refractivity contribution is -0.145. The maximum atomic E-state index is 13.6. The van der Waals surface area contributed by atoms with E-state index >= 15 is 0 Å². The van der Waals surface area contributed by atoms with Gasteiger partial charge in [-0.15, -0.1) is 0 Å². The van der Waals surface area contributed by atoms with Gasteiger partial charge < -0.3 is 10.1 Å². The van der Waals surface area contributed by atoms with Crippen LogP contribution in [0.4, 0.5) is 14.5 Å². The number of methoxy groups -OCH3 is 1. The van der Waals surface area contributed by atoms with E-state index in [1.807, 2.05) is 0 Å². The molecule has 18 heavy (non-hydrogen) atoms. The van der Waals surface area contributed by atoms with Crippen molar-refractivity contribution in [3.05, 3.63) is 28.2 Å². The number of nitrogens with one attached hydrogen (secondary N) is 1. The molecule has 0 aromatic heterocycles. The largest absolute Gasteiger partial charge is 0.469 e. The average Bonchev–Trinajstić information content (AvgIpc) is 2.31. The number of hydrogen-bond acceptors (Lipinski definition) is 3. The lowest BCUT2D eigenvalue weighted by atomic mass is 10.0. The summed E-state index contributed by atoms with van der Waals surface area (Å²) in [5.74, 6) is -2.23. The van der Waals surface area contributed by atoms with Crippen LogP contribution in [0.25, 0.3) is 0 Å². The first-order valence-corrected chi connectivity index (χ1v) is 6.15. The molecule has 1 aromatic rings. The maximum Gasteiger partial charge on any atom is 0.310 e. The number of halogens is 3. The van der Waals surface area contributed by atoms with Crippen molar-refractivity contribution in [1.82, 2.24) is 0 Å². The zero-order chi connectivity index (χ0) is 13.9. The highest BCUT2D eigenvalue weighted by atomic mass is 79.9. The van der Waals surface area contributed by atoms with Crippen LogP contribution in [0.5, 0.6) is 0 Å². The monoisotopic (exact) mass is 321 g/mol. The summed E-state index contributed by atoms with van der Waals surface area (Å²) >= 11 is 3.07. The number of carbonyl (C=O) groups is 1. The van der Waals surface area contributed by atoms with Crippen LogP contribution in [0.1, 0.15) is 13.8 Å². The van der Waals surface area contributed by atoms with Gasteiger partial charge in [-0.05, 0) is 35.8 Å². The molecule has 2 atom stereocenters. The number of esters is 1. The fourth-order valence-corrected chi connectivity index (χ4v) is 1.95. The molecule has 0 saturated carbocycles. The van der Waals surface area contributed by atoms with Crippen molar-refractivity contribution in [3.63, 3.8) is 0 Å². The van der Waals surface area contributed by atoms with Crippen LogP contribution in [0.15, 0.2) is 16.6 Å². The zero-order valence-corrected chi connectivity index (χ0v) is 11.8. The van der Waals surface area contributed by atoms with E-state index in [-0.39, 0.29) is 16.2 Å². The summed E-state index contributed by atoms with van der Waals surface area (Å²) in [6, 6.07) is 1.58. The second-order valence-electron chi connectivity index (χ2n) is 3.99. The minimum absolute atomic E-state index is 0.125. The van der Waals surface area contributed by atoms with E-state index in [1.165, 1.54) is 7.11 Å². The van der Waals surface area contributed by atoms with Crippen molar-refractivity contribution < 1.29 is 18.3 Å². The molecule has 0 amide bonds. The molecule has 3 nitrogen and oxygen atoms in total. The number of anilines is 1. The van der Waals surface area contributed by atoms with Crippen LogP contribution in [0.2, 0.25) is 0 Å². The summed E-state index contributed by atoms with van der Waals surface area (Å²) in [6.45, 7) is 3.38. The Kier molecular flexibility index (Phi) is 5.07. The smallest absolute Gasteiger partial charge is 0.310 e. The summed E-state index contributed by atoms with van der Waals surface area (Å²) in [5.41, 5.74) is 0.125. The van der Waals surface area contributed by atoms with Crippen LogP contribution in [0, 0.1) is 17.6 Å². The van der Waals surface area contributed by atoms with E-state index in [0.717, 1.165) is 12.1 Å². The van der Waals surface area contributed by atoms with E-state index in [1.54, 1.807) is 13.8 Å². The van der Waals surface area contributed by atoms with Crippen molar-refractivity contribution in [2.45, 2.75) is 19.9 Å². The predicted molar refractivity (Wildman–Crippen MR) is 68.3 cm³/mol. The molecule has 2 unspecified atom stereocenters. The highest BCUT2D eigenvalue weighted by Crippen LogP contribution is 2.28. The first kappa shape index (κ1) is 14.9. The van der Waals surface area contributed by atoms with E-state index in [4.69, 9.17) is 0 Å². The standard InChI is InChI=1S/C12H14BrF2NO2/c1-6(12(17)18-3)7(2)16-11-9(13)4-8(14)5-10(11)15/h4-7,16H,1-3H3. The zero-order valence-electron chi connectivity index (χ0n) is 10.3. The van der Waals surface area contributed by atoms with Crippen LogP contribution in [0.3, 0.4) is 0 Å². The third-order valence-electron chi connectivity index (χ3n) is 2.70. The number of ether oxygens (including phenoxy) is 1. The second-order valence-corrected chi connectivity index (χ2v) is 4.84. The van der Waals surface area contributed by atoms with Crippen molar-refractivity contribution in [2.75, 3.05) is 12.4 Å². The summed E-state index contributed by atoms with van der Waals surface area (Å²) in [5, 5.41) is 2.83. The summed E-state index contributed by atoms with van der Waals surface area (Å²) in [4.78, 5) is 11.3. The Labute approximate surface area is 113 Å². The topological polar surface area (TPSA) is 38.3 Å². The third-order valence-corrected chi connectivity index (χ3v) is 3.33. The molecule has 0 aliphatic heterocycles. The molecule has 0 spiro atoms. The maximum absolute atomic E-state index is 13.6. The molecule has 0 aliphatic carbocycles. The Bertz CT molecular complexity index is 431. The van der Waals surface area contributed by atoms with Crippen molar-refractivity contribution in [3.8, 4) is 0 Å². The molecule has 0 fully saturated rings. The van der Waals surface area contributed by atoms with Gasteiger partial charge in [-0.2, -0.15) is 0 Å². The number of benzene rings is 1. The molecular formula is C12H14BrF2NO2. The van der Waals surface area contributed by atoms with Crippen molar-refractivity contribution in [1.29, 1.82) is 0 Å². The third kappa shape index (κ3) is 3.41. The molecule has 0 radical (unpaired) electrons. The number of carbonyl (C=O) groups excluding carboxylic acids is 1. The lowest BCUT2D eigenvalue weighted by Crippen LogP contribution is -2.31. The van der Waals surface area contributed by atoms with Gasteiger partial charge in [0.2, 0.25) is 0 Å². The molecule has 0 heterocycles. The number of rotatable bonds is 4. The summed E-state index contributed by atoms with van der Waals surface area (Å²) in [7, 11) is 1.29. The molecule has 0 saturated heterocycles. The highest BCUT2D eigenvalue weighted by molar-refractivity contribution is 9.10. The van der Waals surface area contributed by atoms with Gasteiger partial charge in [-0.1, -0.05) is 0 Å². The van der Waals surface area contributed by atoms with Crippen molar-refractivity contribution >= 4 is 27.6 Å². The SMILES string of the molecule is COC(=O)C(C)C(C)Nc1c(F)cc(F)cc1Br. The van der Waals surface area contributed by atoms with Crippen LogP contribution in [-0.4, -0.2) is 19.1 Å². The average molecular weight is 322 g/mol. The first-order valence-electron chi connectivity index (χ1n) is 5.35. The van der Waals surface area contributed by atoms with E-state index in [2.05, 4.69) is 26.0 Å². The van der Waals surface area contributed by atoms with Gasteiger partial charge in [0.05, 0.1) is 18.7 Å². The Morgan fingerprint density at radius 3 is 2.50 bits per heavy atom. The second kappa shape index (κ2) is 6.13. The molecule has 0 aliphatic rings. The fraction of sp³-hybridized carbons (Fsp3) is 0.417. The Balaban J connectivity index is 2.88.